The summed E-state index contributed by atoms with van der Waals surface area (Å²) >= 11 is 0. The molecule has 1 saturated carbocycles. The fourth-order valence-corrected chi connectivity index (χ4v) is 1.20. The summed E-state index contributed by atoms with van der Waals surface area (Å²) in [5.41, 5.74) is 5.08. The molecule has 0 aromatic rings. The lowest BCUT2D eigenvalue weighted by atomic mass is 9.96. The molecule has 1 fully saturated rings. The van der Waals surface area contributed by atoms with Crippen LogP contribution in [0.15, 0.2) is 0 Å². The lowest BCUT2D eigenvalue weighted by Gasteiger charge is -2.31. The Morgan fingerprint density at radius 3 is 2.31 bits per heavy atom. The van der Waals surface area contributed by atoms with E-state index in [0.717, 1.165) is 19.3 Å². The first-order valence-electron chi connectivity index (χ1n) is 4.46. The Labute approximate surface area is 75.2 Å². The molecule has 2 N–H and O–H groups in total. The van der Waals surface area contributed by atoms with Crippen molar-refractivity contribution in [2.24, 2.45) is 5.73 Å². The second-order valence-electron chi connectivity index (χ2n) is 3.30. The Kier molecular flexibility index (Phi) is 3.55. The fourth-order valence-electron chi connectivity index (χ4n) is 1.20. The van der Waals surface area contributed by atoms with Crippen LogP contribution >= 0.6 is 0 Å². The highest BCUT2D eigenvalue weighted by atomic mass is 19.4. The van der Waals surface area contributed by atoms with E-state index in [2.05, 4.69) is 0 Å². The van der Waals surface area contributed by atoms with Gasteiger partial charge < -0.3 is 10.5 Å². The van der Waals surface area contributed by atoms with E-state index in [1.54, 1.807) is 0 Å². The van der Waals surface area contributed by atoms with Gasteiger partial charge in [-0.2, -0.15) is 13.2 Å². The van der Waals surface area contributed by atoms with E-state index in [0.29, 0.717) is 0 Å². The Balaban J connectivity index is 2.36. The highest BCUT2D eigenvalue weighted by Crippen LogP contribution is 2.31. The van der Waals surface area contributed by atoms with Crippen molar-refractivity contribution in [1.82, 2.24) is 0 Å². The molecule has 1 unspecified atom stereocenters. The zero-order valence-corrected chi connectivity index (χ0v) is 7.31. The van der Waals surface area contributed by atoms with Gasteiger partial charge in [-0.15, -0.1) is 0 Å². The van der Waals surface area contributed by atoms with Gasteiger partial charge in [-0.05, 0) is 32.2 Å². The average Bonchev–Trinajstić information content (AvgIpc) is 1.91. The highest BCUT2D eigenvalue weighted by Gasteiger charge is 2.42. The molecular weight excluding hydrogens is 183 g/mol. The first-order valence-corrected chi connectivity index (χ1v) is 4.46. The van der Waals surface area contributed by atoms with Gasteiger partial charge in [0.1, 0.15) is 0 Å². The maximum atomic E-state index is 12.2. The molecule has 0 heterocycles. The normalized spacial score (nSPS) is 21.2. The van der Waals surface area contributed by atoms with Crippen LogP contribution in [-0.2, 0) is 4.74 Å². The third-order valence-electron chi connectivity index (χ3n) is 2.20. The Hall–Kier alpha value is -0.290. The molecule has 0 aromatic heterocycles. The van der Waals surface area contributed by atoms with Crippen molar-refractivity contribution in [1.29, 1.82) is 0 Å². The molecule has 5 heteroatoms. The zero-order valence-electron chi connectivity index (χ0n) is 7.31. The summed E-state index contributed by atoms with van der Waals surface area (Å²) in [6.07, 6.45) is -3.80. The van der Waals surface area contributed by atoms with Crippen LogP contribution in [0.4, 0.5) is 13.2 Å². The molecule has 13 heavy (non-hydrogen) atoms. The van der Waals surface area contributed by atoms with Gasteiger partial charge in [0, 0.05) is 0 Å². The van der Waals surface area contributed by atoms with E-state index < -0.39 is 12.3 Å². The number of hydrogen-bond donors (Lipinski definition) is 1. The standard InChI is InChI=1S/C8H14F3NO/c9-8(10,11)7(4-5-12)13-6-2-1-3-6/h6-7H,1-5,12H2. The second-order valence-corrected chi connectivity index (χ2v) is 3.30. The van der Waals surface area contributed by atoms with Gasteiger partial charge in [-0.3, -0.25) is 0 Å². The van der Waals surface area contributed by atoms with Crippen LogP contribution in [-0.4, -0.2) is 24.9 Å². The van der Waals surface area contributed by atoms with Crippen molar-refractivity contribution in [3.63, 3.8) is 0 Å². The van der Waals surface area contributed by atoms with Crippen molar-refractivity contribution < 1.29 is 17.9 Å². The van der Waals surface area contributed by atoms with Gasteiger partial charge in [0.25, 0.3) is 0 Å². The maximum Gasteiger partial charge on any atom is 0.414 e. The van der Waals surface area contributed by atoms with Crippen molar-refractivity contribution in [2.75, 3.05) is 6.54 Å². The molecule has 2 nitrogen and oxygen atoms in total. The number of rotatable bonds is 4. The lowest BCUT2D eigenvalue weighted by Crippen LogP contribution is -2.39. The summed E-state index contributed by atoms with van der Waals surface area (Å²) in [7, 11) is 0. The lowest BCUT2D eigenvalue weighted by molar-refractivity contribution is -0.241. The van der Waals surface area contributed by atoms with E-state index in [1.807, 2.05) is 0 Å². The van der Waals surface area contributed by atoms with Crippen LogP contribution in [0.25, 0.3) is 0 Å². The topological polar surface area (TPSA) is 35.2 Å². The molecular formula is C8H14F3NO. The second kappa shape index (κ2) is 4.28. The number of nitrogens with two attached hydrogens (primary N) is 1. The summed E-state index contributed by atoms with van der Waals surface area (Å²) in [4.78, 5) is 0. The molecule has 1 aliphatic carbocycles. The molecule has 0 spiro atoms. The molecule has 0 bridgehead atoms. The molecule has 0 amide bonds. The van der Waals surface area contributed by atoms with Gasteiger partial charge in [0.05, 0.1) is 6.10 Å². The Morgan fingerprint density at radius 1 is 1.38 bits per heavy atom. The molecule has 78 valence electrons. The molecule has 0 aromatic carbocycles. The first-order chi connectivity index (χ1) is 6.04. The van der Waals surface area contributed by atoms with Crippen molar-refractivity contribution >= 4 is 0 Å². The Bertz CT molecular complexity index is 156. The number of alkyl halides is 3. The third kappa shape index (κ3) is 3.15. The average molecular weight is 197 g/mol. The van der Waals surface area contributed by atoms with Crippen LogP contribution in [0.3, 0.4) is 0 Å². The van der Waals surface area contributed by atoms with Crippen LogP contribution in [0, 0.1) is 0 Å². The Morgan fingerprint density at radius 2 is 2.00 bits per heavy atom. The minimum atomic E-state index is -4.27. The smallest absolute Gasteiger partial charge is 0.366 e. The minimum absolute atomic E-state index is 0.0108. The van der Waals surface area contributed by atoms with Gasteiger partial charge >= 0.3 is 6.18 Å². The monoisotopic (exact) mass is 197 g/mol. The molecule has 0 aliphatic heterocycles. The summed E-state index contributed by atoms with van der Waals surface area (Å²) < 4.78 is 41.6. The third-order valence-corrected chi connectivity index (χ3v) is 2.20. The minimum Gasteiger partial charge on any atom is -0.366 e. The first kappa shape index (κ1) is 10.8. The van der Waals surface area contributed by atoms with Crippen molar-refractivity contribution in [3.05, 3.63) is 0 Å². The van der Waals surface area contributed by atoms with Crippen molar-refractivity contribution in [3.8, 4) is 0 Å². The van der Waals surface area contributed by atoms with Gasteiger partial charge in [0.2, 0.25) is 0 Å². The quantitative estimate of drug-likeness (QED) is 0.746. The number of hydrogen-bond acceptors (Lipinski definition) is 2. The van der Waals surface area contributed by atoms with Crippen LogP contribution in [0.5, 0.6) is 0 Å². The largest absolute Gasteiger partial charge is 0.414 e. The number of ether oxygens (including phenoxy) is 1. The zero-order chi connectivity index (χ0) is 9.90. The molecule has 1 aliphatic rings. The summed E-state index contributed by atoms with van der Waals surface area (Å²) in [6.45, 7) is 0.0108. The van der Waals surface area contributed by atoms with Gasteiger partial charge in [0.15, 0.2) is 6.10 Å². The molecule has 0 radical (unpaired) electrons. The predicted molar refractivity (Wildman–Crippen MR) is 42.2 cm³/mol. The summed E-state index contributed by atoms with van der Waals surface area (Å²) in [5.74, 6) is 0. The number of halogens is 3. The molecule has 0 saturated heterocycles. The van der Waals surface area contributed by atoms with E-state index in [4.69, 9.17) is 10.5 Å². The van der Waals surface area contributed by atoms with E-state index in [9.17, 15) is 13.2 Å². The van der Waals surface area contributed by atoms with Crippen LogP contribution < -0.4 is 5.73 Å². The summed E-state index contributed by atoms with van der Waals surface area (Å²) in [6, 6.07) is 0. The van der Waals surface area contributed by atoms with Crippen LogP contribution in [0.1, 0.15) is 25.7 Å². The van der Waals surface area contributed by atoms with Gasteiger partial charge in [-0.1, -0.05) is 0 Å². The summed E-state index contributed by atoms with van der Waals surface area (Å²) in [5, 5.41) is 0. The predicted octanol–water partition coefficient (Wildman–Crippen LogP) is 1.84. The van der Waals surface area contributed by atoms with E-state index >= 15 is 0 Å². The fraction of sp³-hybridized carbons (Fsp3) is 1.00. The molecule has 1 rings (SSSR count). The highest BCUT2D eigenvalue weighted by molar-refractivity contribution is 4.75. The molecule has 1 atom stereocenters. The van der Waals surface area contributed by atoms with Crippen LogP contribution in [0.2, 0.25) is 0 Å². The van der Waals surface area contributed by atoms with E-state index in [1.165, 1.54) is 0 Å². The van der Waals surface area contributed by atoms with Crippen molar-refractivity contribution in [2.45, 2.75) is 44.1 Å². The maximum absolute atomic E-state index is 12.2. The SMILES string of the molecule is NCCC(OC1CCC1)C(F)(F)F. The van der Waals surface area contributed by atoms with Gasteiger partial charge in [-0.25, -0.2) is 0 Å². The van der Waals surface area contributed by atoms with E-state index in [-0.39, 0.29) is 19.1 Å².